The Hall–Kier alpha value is -1.77. The Morgan fingerprint density at radius 1 is 1.05 bits per heavy atom. The summed E-state index contributed by atoms with van der Waals surface area (Å²) in [6.45, 7) is 4.17. The van der Waals surface area contributed by atoms with E-state index in [9.17, 15) is 9.90 Å². The largest absolute Gasteiger partial charge is 0.507 e. The molecule has 2 aromatic rings. The second-order valence-electron chi connectivity index (χ2n) is 5.29. The van der Waals surface area contributed by atoms with Crippen molar-refractivity contribution >= 4 is 11.0 Å². The standard InChI is InChI=1S/C17H22O3/c1-3-5-6-8-12-9-15(18)14-11-13(7-4-2)17(19)20-16(14)10-12/h9-11,18H,3-8H2,1-2H3. The maximum Gasteiger partial charge on any atom is 0.339 e. The summed E-state index contributed by atoms with van der Waals surface area (Å²) < 4.78 is 5.36. The lowest BCUT2D eigenvalue weighted by molar-refractivity contribution is 0.477. The van der Waals surface area contributed by atoms with E-state index in [-0.39, 0.29) is 11.4 Å². The van der Waals surface area contributed by atoms with Crippen LogP contribution in [-0.2, 0) is 12.8 Å². The summed E-state index contributed by atoms with van der Waals surface area (Å²) in [7, 11) is 0. The molecular formula is C17H22O3. The third-order valence-electron chi connectivity index (χ3n) is 3.55. The van der Waals surface area contributed by atoms with Gasteiger partial charge in [-0.15, -0.1) is 0 Å². The number of fused-ring (bicyclic) bond motifs is 1. The van der Waals surface area contributed by atoms with Crippen LogP contribution in [0.15, 0.2) is 27.4 Å². The van der Waals surface area contributed by atoms with Crippen LogP contribution in [0, 0.1) is 0 Å². The molecule has 0 saturated carbocycles. The third kappa shape index (κ3) is 3.21. The van der Waals surface area contributed by atoms with Gasteiger partial charge in [-0.25, -0.2) is 4.79 Å². The molecule has 1 N–H and O–H groups in total. The average Bonchev–Trinajstić information content (AvgIpc) is 2.41. The lowest BCUT2D eigenvalue weighted by atomic mass is 10.0. The second kappa shape index (κ2) is 6.60. The molecule has 1 aromatic carbocycles. The van der Waals surface area contributed by atoms with Gasteiger partial charge in [0.1, 0.15) is 11.3 Å². The molecule has 1 heterocycles. The van der Waals surface area contributed by atoms with E-state index in [2.05, 4.69) is 6.92 Å². The quantitative estimate of drug-likeness (QED) is 0.635. The summed E-state index contributed by atoms with van der Waals surface area (Å²) in [5.74, 6) is 0.204. The minimum atomic E-state index is -0.288. The molecule has 0 atom stereocenters. The van der Waals surface area contributed by atoms with Gasteiger partial charge in [0.05, 0.1) is 5.39 Å². The zero-order valence-corrected chi connectivity index (χ0v) is 12.2. The maximum atomic E-state index is 11.9. The average molecular weight is 274 g/mol. The van der Waals surface area contributed by atoms with Gasteiger partial charge in [-0.3, -0.25) is 0 Å². The van der Waals surface area contributed by atoms with Crippen LogP contribution in [0.5, 0.6) is 5.75 Å². The first-order valence-corrected chi connectivity index (χ1v) is 7.44. The van der Waals surface area contributed by atoms with Crippen LogP contribution in [0.3, 0.4) is 0 Å². The summed E-state index contributed by atoms with van der Waals surface area (Å²) in [6.07, 6.45) is 5.87. The number of rotatable bonds is 6. The molecule has 0 aliphatic heterocycles. The van der Waals surface area contributed by atoms with Gasteiger partial charge in [0.25, 0.3) is 0 Å². The second-order valence-corrected chi connectivity index (χ2v) is 5.29. The van der Waals surface area contributed by atoms with Crippen LogP contribution < -0.4 is 5.63 Å². The van der Waals surface area contributed by atoms with Crippen molar-refractivity contribution in [3.8, 4) is 5.75 Å². The van der Waals surface area contributed by atoms with Gasteiger partial charge in [0.15, 0.2) is 0 Å². The Balaban J connectivity index is 2.39. The Kier molecular flexibility index (Phi) is 4.83. The van der Waals surface area contributed by atoms with E-state index in [1.54, 1.807) is 12.1 Å². The van der Waals surface area contributed by atoms with Crippen LogP contribution in [0.2, 0.25) is 0 Å². The minimum absolute atomic E-state index is 0.204. The number of phenols is 1. The summed E-state index contributed by atoms with van der Waals surface area (Å²) in [4.78, 5) is 11.9. The van der Waals surface area contributed by atoms with Crippen LogP contribution in [-0.4, -0.2) is 5.11 Å². The Morgan fingerprint density at radius 2 is 1.85 bits per heavy atom. The zero-order valence-electron chi connectivity index (χ0n) is 12.2. The van der Waals surface area contributed by atoms with E-state index < -0.39 is 0 Å². The molecule has 0 amide bonds. The van der Waals surface area contributed by atoms with Gasteiger partial charge >= 0.3 is 5.63 Å². The van der Waals surface area contributed by atoms with Crippen molar-refractivity contribution in [3.05, 3.63) is 39.7 Å². The molecule has 0 bridgehead atoms. The molecule has 0 unspecified atom stereocenters. The molecule has 0 saturated heterocycles. The predicted octanol–water partition coefficient (Wildman–Crippen LogP) is 4.18. The lowest BCUT2D eigenvalue weighted by Gasteiger charge is -2.06. The number of aromatic hydroxyl groups is 1. The Morgan fingerprint density at radius 3 is 2.55 bits per heavy atom. The number of aryl methyl sites for hydroxylation is 2. The first-order chi connectivity index (χ1) is 9.65. The molecule has 1 aromatic heterocycles. The highest BCUT2D eigenvalue weighted by Gasteiger charge is 2.09. The molecule has 108 valence electrons. The van der Waals surface area contributed by atoms with Crippen molar-refractivity contribution in [2.45, 2.75) is 52.4 Å². The van der Waals surface area contributed by atoms with Crippen LogP contribution in [0.1, 0.15) is 50.7 Å². The normalized spacial score (nSPS) is 11.1. The van der Waals surface area contributed by atoms with E-state index in [1.165, 1.54) is 0 Å². The van der Waals surface area contributed by atoms with Gasteiger partial charge in [-0.05, 0) is 43.0 Å². The van der Waals surface area contributed by atoms with Crippen molar-refractivity contribution in [2.75, 3.05) is 0 Å². The SMILES string of the molecule is CCCCCc1cc(O)c2cc(CCC)c(=O)oc2c1. The Labute approximate surface area is 119 Å². The van der Waals surface area contributed by atoms with Crippen molar-refractivity contribution in [3.63, 3.8) is 0 Å². The molecule has 2 rings (SSSR count). The maximum absolute atomic E-state index is 11.9. The fraction of sp³-hybridized carbons (Fsp3) is 0.471. The Bertz CT molecular complexity index is 640. The van der Waals surface area contributed by atoms with E-state index in [0.717, 1.165) is 37.7 Å². The monoisotopic (exact) mass is 274 g/mol. The topological polar surface area (TPSA) is 50.4 Å². The predicted molar refractivity (Wildman–Crippen MR) is 81.4 cm³/mol. The summed E-state index contributed by atoms with van der Waals surface area (Å²) in [5, 5.41) is 10.8. The van der Waals surface area contributed by atoms with Gasteiger partial charge in [0, 0.05) is 5.56 Å². The van der Waals surface area contributed by atoms with Gasteiger partial charge in [-0.1, -0.05) is 33.1 Å². The van der Waals surface area contributed by atoms with Crippen LogP contribution >= 0.6 is 0 Å². The first-order valence-electron chi connectivity index (χ1n) is 7.44. The minimum Gasteiger partial charge on any atom is -0.507 e. The summed E-state index contributed by atoms with van der Waals surface area (Å²) in [6, 6.07) is 5.42. The fourth-order valence-corrected chi connectivity index (χ4v) is 2.46. The molecule has 0 aliphatic carbocycles. The highest BCUT2D eigenvalue weighted by Crippen LogP contribution is 2.27. The fourth-order valence-electron chi connectivity index (χ4n) is 2.46. The molecule has 20 heavy (non-hydrogen) atoms. The summed E-state index contributed by atoms with van der Waals surface area (Å²) in [5.41, 5.74) is 1.86. The van der Waals surface area contributed by atoms with Crippen molar-refractivity contribution in [1.29, 1.82) is 0 Å². The third-order valence-corrected chi connectivity index (χ3v) is 3.55. The van der Waals surface area contributed by atoms with Crippen molar-refractivity contribution in [1.82, 2.24) is 0 Å². The molecular weight excluding hydrogens is 252 g/mol. The molecule has 0 aliphatic rings. The van der Waals surface area contributed by atoms with Gasteiger partial charge in [-0.2, -0.15) is 0 Å². The molecule has 3 heteroatoms. The zero-order chi connectivity index (χ0) is 14.5. The lowest BCUT2D eigenvalue weighted by Crippen LogP contribution is -2.06. The smallest absolute Gasteiger partial charge is 0.339 e. The van der Waals surface area contributed by atoms with Crippen LogP contribution in [0.25, 0.3) is 11.0 Å². The van der Waals surface area contributed by atoms with Gasteiger partial charge in [0.2, 0.25) is 0 Å². The number of hydrogen-bond acceptors (Lipinski definition) is 3. The number of phenolic OH excluding ortho intramolecular Hbond substituents is 1. The van der Waals surface area contributed by atoms with Crippen LogP contribution in [0.4, 0.5) is 0 Å². The molecule has 0 radical (unpaired) electrons. The molecule has 0 fully saturated rings. The van der Waals surface area contributed by atoms with Gasteiger partial charge < -0.3 is 9.52 Å². The highest BCUT2D eigenvalue weighted by molar-refractivity contribution is 5.84. The number of benzene rings is 1. The van der Waals surface area contributed by atoms with Crippen molar-refractivity contribution < 1.29 is 9.52 Å². The van der Waals surface area contributed by atoms with E-state index in [4.69, 9.17) is 4.42 Å². The first kappa shape index (κ1) is 14.6. The van der Waals surface area contributed by atoms with E-state index >= 15 is 0 Å². The molecule has 0 spiro atoms. The van der Waals surface area contributed by atoms with E-state index in [0.29, 0.717) is 23.0 Å². The van der Waals surface area contributed by atoms with E-state index in [1.807, 2.05) is 13.0 Å². The van der Waals surface area contributed by atoms with Crippen molar-refractivity contribution in [2.24, 2.45) is 0 Å². The summed E-state index contributed by atoms with van der Waals surface area (Å²) >= 11 is 0. The number of hydrogen-bond donors (Lipinski definition) is 1. The molecule has 3 nitrogen and oxygen atoms in total. The number of unbranched alkanes of at least 4 members (excludes halogenated alkanes) is 2. The highest BCUT2D eigenvalue weighted by atomic mass is 16.4.